The molecule has 18 heavy (non-hydrogen) atoms. The van der Waals surface area contributed by atoms with Crippen LogP contribution in [0.2, 0.25) is 0 Å². The normalized spacial score (nSPS) is 16.6. The highest BCUT2D eigenvalue weighted by atomic mass is 14.3. The molecule has 0 aromatic rings. The van der Waals surface area contributed by atoms with Crippen LogP contribution in [0.4, 0.5) is 0 Å². The molecular formula is C17H27N. The molecule has 0 aromatic carbocycles. The van der Waals surface area contributed by atoms with Crippen molar-refractivity contribution in [3.05, 3.63) is 47.6 Å². The van der Waals surface area contributed by atoms with E-state index in [9.17, 15) is 0 Å². The molecule has 1 heteroatoms. The number of allylic oxidation sites excluding steroid dienone is 8. The molecule has 1 aliphatic rings. The third kappa shape index (κ3) is 5.81. The highest BCUT2D eigenvalue weighted by Gasteiger charge is 2.03. The number of rotatable bonds is 4. The quantitative estimate of drug-likeness (QED) is 0.648. The van der Waals surface area contributed by atoms with Gasteiger partial charge in [0.15, 0.2) is 0 Å². The third-order valence-electron chi connectivity index (χ3n) is 2.99. The Kier molecular flexibility index (Phi) is 8.91. The minimum atomic E-state index is 0.570. The van der Waals surface area contributed by atoms with Crippen molar-refractivity contribution in [1.82, 2.24) is 0 Å². The summed E-state index contributed by atoms with van der Waals surface area (Å²) in [5.41, 5.74) is 2.12. The second kappa shape index (κ2) is 9.64. The summed E-state index contributed by atoms with van der Waals surface area (Å²) in [6.45, 7) is 10.7. The van der Waals surface area contributed by atoms with Crippen molar-refractivity contribution in [2.75, 3.05) is 0 Å². The monoisotopic (exact) mass is 245 g/mol. The highest BCUT2D eigenvalue weighted by molar-refractivity contribution is 5.83. The lowest BCUT2D eigenvalue weighted by Crippen LogP contribution is -1.99. The Morgan fingerprint density at radius 3 is 2.11 bits per heavy atom. The van der Waals surface area contributed by atoms with E-state index in [0.717, 1.165) is 17.6 Å². The molecule has 0 aliphatic heterocycles. The molecule has 1 atom stereocenters. The molecule has 0 bridgehead atoms. The van der Waals surface area contributed by atoms with Gasteiger partial charge in [0, 0.05) is 6.21 Å². The summed E-state index contributed by atoms with van der Waals surface area (Å²) in [6, 6.07) is 0. The predicted molar refractivity (Wildman–Crippen MR) is 83.2 cm³/mol. The van der Waals surface area contributed by atoms with Crippen LogP contribution in [0.15, 0.2) is 47.6 Å². The third-order valence-corrected chi connectivity index (χ3v) is 2.99. The molecule has 1 nitrogen and oxygen atoms in total. The standard InChI is InChI=1S/C15H21N.C2H6/c1-12(2)13(3)9-10-14-7-5-4-6-8-15(14)11-16;1-2/h5-13,16H,4H2,1-3H3;1-2H3/b10-9-,16-11?;. The summed E-state index contributed by atoms with van der Waals surface area (Å²) in [7, 11) is 0. The minimum Gasteiger partial charge on any atom is -0.308 e. The summed E-state index contributed by atoms with van der Waals surface area (Å²) in [4.78, 5) is 0. The maximum absolute atomic E-state index is 7.39. The molecule has 100 valence electrons. The fraction of sp³-hybridized carbons (Fsp3) is 0.471. The molecule has 0 saturated carbocycles. The summed E-state index contributed by atoms with van der Waals surface area (Å²) in [5, 5.41) is 7.39. The Bertz CT molecular complexity index is 354. The molecule has 0 amide bonds. The molecular weight excluding hydrogens is 218 g/mol. The second-order valence-electron chi connectivity index (χ2n) is 4.56. The van der Waals surface area contributed by atoms with Crippen molar-refractivity contribution in [3.63, 3.8) is 0 Å². The molecule has 1 aliphatic carbocycles. The molecule has 1 rings (SSSR count). The van der Waals surface area contributed by atoms with E-state index < -0.39 is 0 Å². The Morgan fingerprint density at radius 2 is 1.61 bits per heavy atom. The molecule has 0 fully saturated rings. The number of hydrogen-bond acceptors (Lipinski definition) is 1. The van der Waals surface area contributed by atoms with Crippen LogP contribution in [0.3, 0.4) is 0 Å². The van der Waals surface area contributed by atoms with Crippen LogP contribution in [-0.2, 0) is 0 Å². The number of nitrogens with one attached hydrogen (secondary N) is 1. The van der Waals surface area contributed by atoms with Gasteiger partial charge in [-0.25, -0.2) is 0 Å². The van der Waals surface area contributed by atoms with Gasteiger partial charge in [-0.15, -0.1) is 0 Å². The van der Waals surface area contributed by atoms with Gasteiger partial charge in [0.05, 0.1) is 0 Å². The van der Waals surface area contributed by atoms with Crippen LogP contribution >= 0.6 is 0 Å². The first-order chi connectivity index (χ1) is 8.65. The Labute approximate surface area is 113 Å². The Hall–Kier alpha value is -1.37. The van der Waals surface area contributed by atoms with Gasteiger partial charge in [0.2, 0.25) is 0 Å². The van der Waals surface area contributed by atoms with Gasteiger partial charge in [0.1, 0.15) is 0 Å². The zero-order valence-electron chi connectivity index (χ0n) is 12.4. The van der Waals surface area contributed by atoms with Crippen LogP contribution < -0.4 is 0 Å². The smallest absolute Gasteiger partial charge is 0.0256 e. The van der Waals surface area contributed by atoms with E-state index in [2.05, 4.69) is 51.2 Å². The van der Waals surface area contributed by atoms with E-state index in [1.54, 1.807) is 0 Å². The summed E-state index contributed by atoms with van der Waals surface area (Å²) >= 11 is 0. The lowest BCUT2D eigenvalue weighted by atomic mass is 9.96. The Balaban J connectivity index is 0.00000137. The van der Waals surface area contributed by atoms with E-state index in [-0.39, 0.29) is 0 Å². The van der Waals surface area contributed by atoms with Crippen molar-refractivity contribution in [1.29, 1.82) is 5.41 Å². The van der Waals surface area contributed by atoms with E-state index >= 15 is 0 Å². The van der Waals surface area contributed by atoms with Crippen molar-refractivity contribution in [2.45, 2.75) is 41.0 Å². The Morgan fingerprint density at radius 1 is 1.06 bits per heavy atom. The van der Waals surface area contributed by atoms with Crippen molar-refractivity contribution in [2.24, 2.45) is 11.8 Å². The first-order valence-electron chi connectivity index (χ1n) is 6.91. The first kappa shape index (κ1) is 16.6. The molecule has 0 spiro atoms. The zero-order valence-corrected chi connectivity index (χ0v) is 12.4. The van der Waals surface area contributed by atoms with Gasteiger partial charge in [0.25, 0.3) is 0 Å². The van der Waals surface area contributed by atoms with E-state index in [1.165, 1.54) is 6.21 Å². The summed E-state index contributed by atoms with van der Waals surface area (Å²) in [5.74, 6) is 1.23. The van der Waals surface area contributed by atoms with Gasteiger partial charge in [-0.1, -0.05) is 71.1 Å². The van der Waals surface area contributed by atoms with Crippen molar-refractivity contribution >= 4 is 6.21 Å². The maximum atomic E-state index is 7.39. The average molecular weight is 245 g/mol. The van der Waals surface area contributed by atoms with Crippen LogP contribution in [0, 0.1) is 17.2 Å². The highest BCUT2D eigenvalue weighted by Crippen LogP contribution is 2.16. The minimum absolute atomic E-state index is 0.570. The van der Waals surface area contributed by atoms with Crippen LogP contribution in [0.25, 0.3) is 0 Å². The number of hydrogen-bond donors (Lipinski definition) is 1. The maximum Gasteiger partial charge on any atom is 0.0256 e. The summed E-state index contributed by atoms with van der Waals surface area (Å²) in [6.07, 6.45) is 15.1. The van der Waals surface area contributed by atoms with Crippen molar-refractivity contribution in [3.8, 4) is 0 Å². The van der Waals surface area contributed by atoms with Crippen LogP contribution in [0.1, 0.15) is 41.0 Å². The fourth-order valence-electron chi connectivity index (χ4n) is 1.42. The lowest BCUT2D eigenvalue weighted by Gasteiger charge is -2.10. The van der Waals surface area contributed by atoms with E-state index in [0.29, 0.717) is 11.8 Å². The summed E-state index contributed by atoms with van der Waals surface area (Å²) < 4.78 is 0. The van der Waals surface area contributed by atoms with Gasteiger partial charge in [-0.05, 0) is 29.4 Å². The largest absolute Gasteiger partial charge is 0.308 e. The van der Waals surface area contributed by atoms with Gasteiger partial charge in [-0.3, -0.25) is 0 Å². The lowest BCUT2D eigenvalue weighted by molar-refractivity contribution is 0.504. The van der Waals surface area contributed by atoms with E-state index in [4.69, 9.17) is 5.41 Å². The molecule has 0 heterocycles. The van der Waals surface area contributed by atoms with Crippen molar-refractivity contribution < 1.29 is 0 Å². The predicted octanol–water partition coefficient (Wildman–Crippen LogP) is 5.32. The van der Waals surface area contributed by atoms with Gasteiger partial charge >= 0.3 is 0 Å². The van der Waals surface area contributed by atoms with E-state index in [1.807, 2.05) is 19.9 Å². The fourth-order valence-corrected chi connectivity index (χ4v) is 1.42. The SMILES string of the molecule is CC.CC(C)C(C)/C=C\C1=C(C=N)C=CCC=C1. The second-order valence-corrected chi connectivity index (χ2v) is 4.56. The van der Waals surface area contributed by atoms with Gasteiger partial charge < -0.3 is 5.41 Å². The average Bonchev–Trinajstić information content (AvgIpc) is 2.62. The topological polar surface area (TPSA) is 23.9 Å². The molecule has 0 saturated heterocycles. The van der Waals surface area contributed by atoms with Gasteiger partial charge in [-0.2, -0.15) is 0 Å². The van der Waals surface area contributed by atoms with Crippen LogP contribution in [-0.4, -0.2) is 6.21 Å². The molecule has 0 radical (unpaired) electrons. The van der Waals surface area contributed by atoms with Crippen LogP contribution in [0.5, 0.6) is 0 Å². The molecule has 1 N–H and O–H groups in total. The molecule has 1 unspecified atom stereocenters. The first-order valence-corrected chi connectivity index (χ1v) is 6.91. The molecule has 0 aromatic heterocycles. The zero-order chi connectivity index (χ0) is 14.0.